The molecule has 8 nitrogen and oxygen atoms in total. The van der Waals surface area contributed by atoms with Crippen molar-refractivity contribution in [3.05, 3.63) is 64.7 Å². The van der Waals surface area contributed by atoms with Gasteiger partial charge >= 0.3 is 5.97 Å². The summed E-state index contributed by atoms with van der Waals surface area (Å²) in [4.78, 5) is 51.3. The Kier molecular flexibility index (Phi) is 6.18. The zero-order chi connectivity index (χ0) is 23.7. The van der Waals surface area contributed by atoms with Gasteiger partial charge in [-0.1, -0.05) is 23.8 Å². The maximum Gasteiger partial charge on any atom is 0.329 e. The van der Waals surface area contributed by atoms with Crippen LogP contribution in [-0.2, 0) is 14.3 Å². The number of amides is 3. The fraction of sp³-hybridized carbons (Fsp3) is 0.360. The number of imide groups is 1. The third-order valence-corrected chi connectivity index (χ3v) is 6.03. The highest BCUT2D eigenvalue weighted by molar-refractivity contribution is 6.22. The highest BCUT2D eigenvalue weighted by atomic mass is 16.5. The van der Waals surface area contributed by atoms with Crippen molar-refractivity contribution in [2.75, 3.05) is 13.7 Å². The molecule has 4 rings (SSSR count). The van der Waals surface area contributed by atoms with Gasteiger partial charge < -0.3 is 14.8 Å². The van der Waals surface area contributed by atoms with E-state index < -0.39 is 36.3 Å². The van der Waals surface area contributed by atoms with Gasteiger partial charge in [-0.05, 0) is 62.4 Å². The van der Waals surface area contributed by atoms with E-state index in [4.69, 9.17) is 9.47 Å². The molecule has 2 atom stereocenters. The van der Waals surface area contributed by atoms with Crippen molar-refractivity contribution in [2.45, 2.75) is 38.8 Å². The van der Waals surface area contributed by atoms with Gasteiger partial charge in [-0.25, -0.2) is 4.79 Å². The van der Waals surface area contributed by atoms with Crippen LogP contribution in [0.4, 0.5) is 0 Å². The first kappa shape index (κ1) is 22.5. The molecule has 2 aliphatic rings. The van der Waals surface area contributed by atoms with Gasteiger partial charge in [0.05, 0.1) is 24.3 Å². The molecule has 1 saturated carbocycles. The van der Waals surface area contributed by atoms with Gasteiger partial charge in [-0.2, -0.15) is 0 Å². The summed E-state index contributed by atoms with van der Waals surface area (Å²) in [6.07, 6.45) is 2.01. The molecule has 3 amide bonds. The number of esters is 1. The summed E-state index contributed by atoms with van der Waals surface area (Å²) in [7, 11) is 1.59. The molecule has 2 aromatic rings. The summed E-state index contributed by atoms with van der Waals surface area (Å²) in [5, 5.41) is 2.93. The minimum Gasteiger partial charge on any atom is -0.497 e. The lowest BCUT2D eigenvalue weighted by molar-refractivity contribution is -0.152. The minimum absolute atomic E-state index is 0.181. The third-order valence-electron chi connectivity index (χ3n) is 6.03. The number of hydrogen-bond acceptors (Lipinski definition) is 6. The van der Waals surface area contributed by atoms with Gasteiger partial charge in [-0.3, -0.25) is 19.3 Å². The lowest BCUT2D eigenvalue weighted by Crippen LogP contribution is -2.44. The summed E-state index contributed by atoms with van der Waals surface area (Å²) >= 11 is 0. The molecule has 1 fully saturated rings. The first-order valence-corrected chi connectivity index (χ1v) is 10.9. The molecule has 1 heterocycles. The highest BCUT2D eigenvalue weighted by Crippen LogP contribution is 2.41. The van der Waals surface area contributed by atoms with E-state index in [0.717, 1.165) is 34.6 Å². The number of benzene rings is 2. The Labute approximate surface area is 191 Å². The van der Waals surface area contributed by atoms with E-state index in [0.29, 0.717) is 5.92 Å². The lowest BCUT2D eigenvalue weighted by Gasteiger charge is -2.22. The standard InChI is InChI=1S/C25H26N2O6/c1-14-4-11-19-20(12-14)24(30)27(23(19)29)15(2)25(31)33-13-21(28)26-22(16-5-6-16)17-7-9-18(32-3)10-8-17/h4,7-12,15-16,22H,5-6,13H2,1-3H3,(H,26,28). The summed E-state index contributed by atoms with van der Waals surface area (Å²) in [5.74, 6) is -1.28. The summed E-state index contributed by atoms with van der Waals surface area (Å²) in [6, 6.07) is 11.1. The van der Waals surface area contributed by atoms with Crippen molar-refractivity contribution in [3.63, 3.8) is 0 Å². The molecule has 0 bridgehead atoms. The van der Waals surface area contributed by atoms with Crippen molar-refractivity contribution >= 4 is 23.7 Å². The average molecular weight is 450 g/mol. The molecule has 2 aromatic carbocycles. The van der Waals surface area contributed by atoms with E-state index in [-0.39, 0.29) is 17.2 Å². The van der Waals surface area contributed by atoms with Crippen molar-refractivity contribution in [3.8, 4) is 5.75 Å². The average Bonchev–Trinajstić information content (AvgIpc) is 3.62. The number of methoxy groups -OCH3 is 1. The second-order valence-corrected chi connectivity index (χ2v) is 8.47. The Morgan fingerprint density at radius 3 is 2.36 bits per heavy atom. The van der Waals surface area contributed by atoms with Gasteiger partial charge in [-0.15, -0.1) is 0 Å². The van der Waals surface area contributed by atoms with Crippen LogP contribution in [0.25, 0.3) is 0 Å². The van der Waals surface area contributed by atoms with Crippen LogP contribution in [0.3, 0.4) is 0 Å². The summed E-state index contributed by atoms with van der Waals surface area (Å²) in [5.41, 5.74) is 2.32. The fourth-order valence-electron chi connectivity index (χ4n) is 4.02. The maximum absolute atomic E-state index is 12.7. The van der Waals surface area contributed by atoms with E-state index >= 15 is 0 Å². The van der Waals surface area contributed by atoms with Gasteiger partial charge in [0.15, 0.2) is 6.61 Å². The number of nitrogens with one attached hydrogen (secondary N) is 1. The number of aryl methyl sites for hydroxylation is 1. The normalized spacial score (nSPS) is 16.8. The van der Waals surface area contributed by atoms with Crippen molar-refractivity contribution in [2.24, 2.45) is 5.92 Å². The molecule has 1 aliphatic heterocycles. The molecule has 33 heavy (non-hydrogen) atoms. The van der Waals surface area contributed by atoms with Crippen LogP contribution in [-0.4, -0.2) is 48.3 Å². The van der Waals surface area contributed by atoms with E-state index in [2.05, 4.69) is 5.32 Å². The molecular formula is C25H26N2O6. The second kappa shape index (κ2) is 9.05. The third kappa shape index (κ3) is 4.60. The van der Waals surface area contributed by atoms with Gasteiger partial charge in [0.25, 0.3) is 17.7 Å². The van der Waals surface area contributed by atoms with Gasteiger partial charge in [0, 0.05) is 0 Å². The Hall–Kier alpha value is -3.68. The van der Waals surface area contributed by atoms with Crippen molar-refractivity contribution < 1.29 is 28.7 Å². The minimum atomic E-state index is -1.15. The number of carbonyl (C=O) groups is 4. The molecule has 0 aromatic heterocycles. The first-order valence-electron chi connectivity index (χ1n) is 10.9. The molecule has 0 spiro atoms. The molecule has 1 aliphatic carbocycles. The van der Waals surface area contributed by atoms with E-state index in [1.807, 2.05) is 31.2 Å². The van der Waals surface area contributed by atoms with Crippen molar-refractivity contribution in [1.82, 2.24) is 10.2 Å². The Morgan fingerprint density at radius 2 is 1.73 bits per heavy atom. The highest BCUT2D eigenvalue weighted by Gasteiger charge is 2.41. The zero-order valence-electron chi connectivity index (χ0n) is 18.8. The molecule has 8 heteroatoms. The van der Waals surface area contributed by atoms with Crippen LogP contribution >= 0.6 is 0 Å². The second-order valence-electron chi connectivity index (χ2n) is 8.47. The number of ether oxygens (including phenoxy) is 2. The first-order chi connectivity index (χ1) is 15.8. The number of rotatable bonds is 8. The van der Waals surface area contributed by atoms with Crippen LogP contribution in [0.1, 0.15) is 57.7 Å². The van der Waals surface area contributed by atoms with E-state index in [9.17, 15) is 19.2 Å². The predicted octanol–water partition coefficient (Wildman–Crippen LogP) is 2.80. The monoisotopic (exact) mass is 450 g/mol. The van der Waals surface area contributed by atoms with Crippen LogP contribution in [0.5, 0.6) is 5.75 Å². The topological polar surface area (TPSA) is 102 Å². The van der Waals surface area contributed by atoms with Crippen LogP contribution in [0.2, 0.25) is 0 Å². The maximum atomic E-state index is 12.7. The number of carbonyl (C=O) groups excluding carboxylic acids is 4. The van der Waals surface area contributed by atoms with E-state index in [1.165, 1.54) is 6.92 Å². The fourth-order valence-corrected chi connectivity index (χ4v) is 4.02. The van der Waals surface area contributed by atoms with Crippen molar-refractivity contribution in [1.29, 1.82) is 0 Å². The molecule has 0 radical (unpaired) electrons. The quantitative estimate of drug-likeness (QED) is 0.490. The zero-order valence-corrected chi connectivity index (χ0v) is 18.8. The molecule has 0 saturated heterocycles. The van der Waals surface area contributed by atoms with Crippen LogP contribution in [0, 0.1) is 12.8 Å². The summed E-state index contributed by atoms with van der Waals surface area (Å²) < 4.78 is 10.3. The smallest absolute Gasteiger partial charge is 0.329 e. The Morgan fingerprint density at radius 1 is 1.06 bits per heavy atom. The largest absolute Gasteiger partial charge is 0.497 e. The van der Waals surface area contributed by atoms with Gasteiger partial charge in [0.1, 0.15) is 11.8 Å². The molecule has 1 N–H and O–H groups in total. The number of hydrogen-bond donors (Lipinski definition) is 1. The summed E-state index contributed by atoms with van der Waals surface area (Å²) in [6.45, 7) is 2.74. The van der Waals surface area contributed by atoms with E-state index in [1.54, 1.807) is 25.3 Å². The molecule has 2 unspecified atom stereocenters. The molecular weight excluding hydrogens is 424 g/mol. The SMILES string of the molecule is COc1ccc(C(NC(=O)COC(=O)C(C)N2C(=O)c3ccc(C)cc3C2=O)C2CC2)cc1. The van der Waals surface area contributed by atoms with Crippen LogP contribution < -0.4 is 10.1 Å². The van der Waals surface area contributed by atoms with Gasteiger partial charge in [0.2, 0.25) is 0 Å². The number of fused-ring (bicyclic) bond motifs is 1. The molecule has 172 valence electrons. The Bertz CT molecular complexity index is 1110. The number of nitrogens with zero attached hydrogens (tertiary/aromatic N) is 1. The predicted molar refractivity (Wildman–Crippen MR) is 119 cm³/mol. The van der Waals surface area contributed by atoms with Crippen LogP contribution in [0.15, 0.2) is 42.5 Å². The Balaban J connectivity index is 1.35. The lowest BCUT2D eigenvalue weighted by atomic mass is 10.0.